The fraction of sp³-hybridized carbons (Fsp3) is 0.909. The first kappa shape index (κ1) is 30.6. The second kappa shape index (κ2) is 11.7. The maximum Gasteiger partial charge on any atom is 0.186 e. The van der Waals surface area contributed by atoms with Gasteiger partial charge in [-0.1, -0.05) is 59.5 Å². The molecule has 0 amide bonds. The third-order valence-electron chi connectivity index (χ3n) is 12.3. The maximum atomic E-state index is 13.9. The Labute approximate surface area is 240 Å². The molecule has 5 rings (SSSR count). The first-order valence-electron chi connectivity index (χ1n) is 16.1. The first-order valence-corrected chi connectivity index (χ1v) is 16.1. The molecule has 4 N–H and O–H groups in total. The van der Waals surface area contributed by atoms with Crippen molar-refractivity contribution in [3.05, 3.63) is 11.6 Å². The molecule has 0 aromatic carbocycles. The number of hydrogen-bond acceptors (Lipinski definition) is 7. The van der Waals surface area contributed by atoms with Crippen LogP contribution < -0.4 is 0 Å². The van der Waals surface area contributed by atoms with Crippen LogP contribution in [-0.2, 0) is 14.3 Å². The lowest BCUT2D eigenvalue weighted by atomic mass is 9.46. The fourth-order valence-electron chi connectivity index (χ4n) is 9.88. The van der Waals surface area contributed by atoms with Gasteiger partial charge in [0.05, 0.1) is 12.7 Å². The van der Waals surface area contributed by atoms with Crippen LogP contribution in [0.5, 0.6) is 0 Å². The van der Waals surface area contributed by atoms with Gasteiger partial charge in [0.1, 0.15) is 24.4 Å². The first-order chi connectivity index (χ1) is 18.9. The largest absolute Gasteiger partial charge is 0.394 e. The predicted octanol–water partition coefficient (Wildman–Crippen LogP) is 4.39. The summed E-state index contributed by atoms with van der Waals surface area (Å²) in [6.07, 6.45) is 6.21. The molecule has 1 saturated heterocycles. The van der Waals surface area contributed by atoms with Gasteiger partial charge >= 0.3 is 0 Å². The topological polar surface area (TPSA) is 116 Å². The van der Waals surface area contributed by atoms with Gasteiger partial charge in [-0.25, -0.2) is 0 Å². The standard InChI is InChI=1S/C33H54O7/c1-18(2)7-6-8-19(3)22-9-10-23-27-24(12-14-33(22,23)5)32(4)13-11-21(15-20(32)16-25(27)35)39-31-30(38)29(37)28(36)26(17-34)40-31/h16,18-19,21-24,26-31,34,36-38H,6-15,17H2,1-5H3/t19-,21?,22-,23?,24?,26-,27?,28-,29+,30+,31+,32+,33-/m1/s1. The van der Waals surface area contributed by atoms with Gasteiger partial charge in [-0.2, -0.15) is 0 Å². The van der Waals surface area contributed by atoms with Crippen molar-refractivity contribution in [1.82, 2.24) is 0 Å². The molecule has 1 heterocycles. The smallest absolute Gasteiger partial charge is 0.186 e. The summed E-state index contributed by atoms with van der Waals surface area (Å²) in [5, 5.41) is 40.3. The van der Waals surface area contributed by atoms with E-state index in [1.165, 1.54) is 38.5 Å². The molecule has 0 aromatic rings. The summed E-state index contributed by atoms with van der Waals surface area (Å²) >= 11 is 0. The Balaban J connectivity index is 1.28. The number of ketones is 1. The number of aliphatic hydroxyl groups excluding tert-OH is 4. The molecule has 7 heteroatoms. The highest BCUT2D eigenvalue weighted by Gasteiger charge is 2.61. The number of aliphatic hydroxyl groups is 4. The molecular weight excluding hydrogens is 508 g/mol. The third-order valence-corrected chi connectivity index (χ3v) is 12.3. The molecular formula is C33H54O7. The van der Waals surface area contributed by atoms with E-state index in [1.54, 1.807) is 0 Å². The van der Waals surface area contributed by atoms with Crippen molar-refractivity contribution in [3.8, 4) is 0 Å². The zero-order chi connectivity index (χ0) is 29.0. The molecule has 0 radical (unpaired) electrons. The average Bonchev–Trinajstić information content (AvgIpc) is 3.26. The van der Waals surface area contributed by atoms with E-state index in [9.17, 15) is 25.2 Å². The van der Waals surface area contributed by atoms with Crippen LogP contribution in [0.25, 0.3) is 0 Å². The monoisotopic (exact) mass is 562 g/mol. The van der Waals surface area contributed by atoms with Crippen LogP contribution >= 0.6 is 0 Å². The van der Waals surface area contributed by atoms with E-state index in [0.717, 1.165) is 30.8 Å². The summed E-state index contributed by atoms with van der Waals surface area (Å²) < 4.78 is 11.7. The molecule has 1 aliphatic heterocycles. The zero-order valence-corrected chi connectivity index (χ0v) is 25.3. The molecule has 0 bridgehead atoms. The minimum Gasteiger partial charge on any atom is -0.394 e. The van der Waals surface area contributed by atoms with Crippen molar-refractivity contribution >= 4 is 5.78 Å². The lowest BCUT2D eigenvalue weighted by Crippen LogP contribution is -2.60. The summed E-state index contributed by atoms with van der Waals surface area (Å²) in [6, 6.07) is 0. The highest BCUT2D eigenvalue weighted by atomic mass is 16.7. The van der Waals surface area contributed by atoms with Crippen LogP contribution in [0.15, 0.2) is 11.6 Å². The van der Waals surface area contributed by atoms with E-state index in [4.69, 9.17) is 9.47 Å². The Bertz CT molecular complexity index is 947. The highest BCUT2D eigenvalue weighted by molar-refractivity contribution is 5.94. The van der Waals surface area contributed by atoms with E-state index >= 15 is 0 Å². The molecule has 4 unspecified atom stereocenters. The molecule has 4 fully saturated rings. The number of fused-ring (bicyclic) bond motifs is 5. The van der Waals surface area contributed by atoms with Gasteiger partial charge in [-0.05, 0) is 91.4 Å². The Kier molecular flexibility index (Phi) is 8.95. The normalized spacial score (nSPS) is 47.9. The Morgan fingerprint density at radius 2 is 1.73 bits per heavy atom. The summed E-state index contributed by atoms with van der Waals surface area (Å²) in [5.74, 6) is 3.42. The number of hydrogen-bond donors (Lipinski definition) is 4. The lowest BCUT2D eigenvalue weighted by Gasteiger charge is -2.58. The summed E-state index contributed by atoms with van der Waals surface area (Å²) in [7, 11) is 0. The Morgan fingerprint density at radius 1 is 0.975 bits per heavy atom. The van der Waals surface area contributed by atoms with Crippen molar-refractivity contribution in [2.75, 3.05) is 6.61 Å². The number of carbonyl (C=O) groups excluding carboxylic acids is 1. The Hall–Kier alpha value is -0.830. The molecule has 228 valence electrons. The molecule has 7 nitrogen and oxygen atoms in total. The molecule has 40 heavy (non-hydrogen) atoms. The lowest BCUT2D eigenvalue weighted by molar-refractivity contribution is -0.313. The SMILES string of the molecule is CC(C)CCC[C@@H](C)[C@H]1CCC2C3C(=O)C=C4CC(O[C@H]5O[C@H](CO)[C@@H](O)[C@H](O)[C@@H]5O)CC[C@]4(C)C3CC[C@@]21C. The van der Waals surface area contributed by atoms with Crippen LogP contribution in [0, 0.1) is 46.3 Å². The van der Waals surface area contributed by atoms with Crippen LogP contribution in [0.2, 0.25) is 0 Å². The maximum absolute atomic E-state index is 13.9. The minimum atomic E-state index is -1.45. The van der Waals surface area contributed by atoms with E-state index in [-0.39, 0.29) is 22.9 Å². The van der Waals surface area contributed by atoms with E-state index in [0.29, 0.717) is 35.9 Å². The number of allylic oxidation sites excluding steroid dienone is 1. The van der Waals surface area contributed by atoms with Gasteiger partial charge < -0.3 is 29.9 Å². The van der Waals surface area contributed by atoms with E-state index < -0.39 is 37.3 Å². The quantitative estimate of drug-likeness (QED) is 0.347. The number of ether oxygens (including phenoxy) is 2. The second-order valence-corrected chi connectivity index (χ2v) is 15.0. The van der Waals surface area contributed by atoms with Crippen molar-refractivity contribution in [2.24, 2.45) is 46.3 Å². The molecule has 0 spiro atoms. The van der Waals surface area contributed by atoms with Gasteiger partial charge in [0.25, 0.3) is 0 Å². The minimum absolute atomic E-state index is 0.0316. The number of carbonyl (C=O) groups is 1. The number of rotatable bonds is 8. The predicted molar refractivity (Wildman–Crippen MR) is 152 cm³/mol. The molecule has 5 aliphatic rings. The van der Waals surface area contributed by atoms with Crippen molar-refractivity contribution in [2.45, 2.75) is 136 Å². The van der Waals surface area contributed by atoms with Gasteiger partial charge in [0.2, 0.25) is 0 Å². The van der Waals surface area contributed by atoms with E-state index in [2.05, 4.69) is 34.6 Å². The van der Waals surface area contributed by atoms with Crippen molar-refractivity contribution in [3.63, 3.8) is 0 Å². The van der Waals surface area contributed by atoms with Crippen LogP contribution in [-0.4, -0.2) is 69.6 Å². The summed E-state index contributed by atoms with van der Waals surface area (Å²) in [4.78, 5) is 13.9. The second-order valence-electron chi connectivity index (χ2n) is 15.0. The summed E-state index contributed by atoms with van der Waals surface area (Å²) in [6.45, 7) is 11.5. The molecule has 3 saturated carbocycles. The zero-order valence-electron chi connectivity index (χ0n) is 25.3. The highest BCUT2D eigenvalue weighted by Crippen LogP contribution is 2.66. The van der Waals surface area contributed by atoms with Crippen LogP contribution in [0.1, 0.15) is 98.8 Å². The van der Waals surface area contributed by atoms with Crippen molar-refractivity contribution in [1.29, 1.82) is 0 Å². The van der Waals surface area contributed by atoms with Gasteiger partial charge in [-0.3, -0.25) is 4.79 Å². The fourth-order valence-corrected chi connectivity index (χ4v) is 9.88. The third kappa shape index (κ3) is 5.26. The average molecular weight is 563 g/mol. The Morgan fingerprint density at radius 3 is 2.42 bits per heavy atom. The van der Waals surface area contributed by atoms with Gasteiger partial charge in [-0.15, -0.1) is 0 Å². The molecule has 13 atom stereocenters. The van der Waals surface area contributed by atoms with Crippen LogP contribution in [0.4, 0.5) is 0 Å². The van der Waals surface area contributed by atoms with Crippen LogP contribution in [0.3, 0.4) is 0 Å². The van der Waals surface area contributed by atoms with Gasteiger partial charge in [0, 0.05) is 5.92 Å². The van der Waals surface area contributed by atoms with Crippen molar-refractivity contribution < 1.29 is 34.7 Å². The molecule has 0 aromatic heterocycles. The van der Waals surface area contributed by atoms with Gasteiger partial charge in [0.15, 0.2) is 12.1 Å². The summed E-state index contributed by atoms with van der Waals surface area (Å²) in [5.41, 5.74) is 1.37. The van der Waals surface area contributed by atoms with E-state index in [1.807, 2.05) is 6.08 Å². The molecule has 4 aliphatic carbocycles.